The highest BCUT2D eigenvalue weighted by molar-refractivity contribution is 5.91. The van der Waals surface area contributed by atoms with Gasteiger partial charge in [-0.15, -0.1) is 0 Å². The number of carbonyl (C=O) groups excluding carboxylic acids is 2. The Labute approximate surface area is 181 Å². The fourth-order valence-corrected chi connectivity index (χ4v) is 4.48. The molecule has 2 N–H and O–H groups in total. The first kappa shape index (κ1) is 21.0. The smallest absolute Gasteiger partial charge is 0.317 e. The Kier molecular flexibility index (Phi) is 6.25. The van der Waals surface area contributed by atoms with Crippen molar-refractivity contribution in [2.45, 2.75) is 32.2 Å². The molecule has 2 atom stereocenters. The van der Waals surface area contributed by atoms with E-state index in [-0.39, 0.29) is 42.3 Å². The first-order valence-electron chi connectivity index (χ1n) is 10.8. The third-order valence-corrected chi connectivity index (χ3v) is 5.84. The first-order valence-corrected chi connectivity index (χ1v) is 10.8. The molecule has 0 spiro atoms. The van der Waals surface area contributed by atoms with Gasteiger partial charge in [0, 0.05) is 56.0 Å². The van der Waals surface area contributed by atoms with Gasteiger partial charge in [0.15, 0.2) is 0 Å². The summed E-state index contributed by atoms with van der Waals surface area (Å²) in [4.78, 5) is 38.7. The van der Waals surface area contributed by atoms with Crippen molar-refractivity contribution in [3.05, 3.63) is 58.5 Å². The highest BCUT2D eigenvalue weighted by atomic mass is 16.5. The van der Waals surface area contributed by atoms with Crippen LogP contribution in [0.4, 0.5) is 10.5 Å². The molecule has 8 heteroatoms. The SMILES string of the molecule is CCOc1ccc(NC(=O)CCNC(=O)N2C[C@H]3C[C@@H](C2)c2cccc(=O)n2C3)cc1. The second-order valence-corrected chi connectivity index (χ2v) is 8.09. The van der Waals surface area contributed by atoms with Gasteiger partial charge in [-0.25, -0.2) is 4.79 Å². The van der Waals surface area contributed by atoms with E-state index in [9.17, 15) is 14.4 Å². The van der Waals surface area contributed by atoms with Crippen molar-refractivity contribution in [1.29, 1.82) is 0 Å². The number of likely N-dealkylation sites (tertiary alicyclic amines) is 1. The van der Waals surface area contributed by atoms with Gasteiger partial charge < -0.3 is 24.8 Å². The Morgan fingerprint density at radius 3 is 2.68 bits per heavy atom. The van der Waals surface area contributed by atoms with Crippen molar-refractivity contribution in [2.24, 2.45) is 5.92 Å². The summed E-state index contributed by atoms with van der Waals surface area (Å²) in [6.07, 6.45) is 1.19. The van der Waals surface area contributed by atoms with Crippen LogP contribution in [0.5, 0.6) is 5.75 Å². The monoisotopic (exact) mass is 424 g/mol. The maximum Gasteiger partial charge on any atom is 0.317 e. The molecule has 3 heterocycles. The zero-order chi connectivity index (χ0) is 21.8. The molecule has 1 fully saturated rings. The minimum absolute atomic E-state index is 0.0312. The number of rotatable bonds is 6. The van der Waals surface area contributed by atoms with Gasteiger partial charge in [-0.1, -0.05) is 6.07 Å². The molecule has 3 amide bonds. The number of amides is 3. The summed E-state index contributed by atoms with van der Waals surface area (Å²) in [6.45, 7) is 4.64. The summed E-state index contributed by atoms with van der Waals surface area (Å²) >= 11 is 0. The molecule has 0 aliphatic carbocycles. The maximum absolute atomic E-state index is 12.6. The second-order valence-electron chi connectivity index (χ2n) is 8.09. The van der Waals surface area contributed by atoms with Crippen molar-refractivity contribution in [1.82, 2.24) is 14.8 Å². The van der Waals surface area contributed by atoms with E-state index in [4.69, 9.17) is 4.74 Å². The molecule has 2 aliphatic heterocycles. The molecule has 0 radical (unpaired) electrons. The summed E-state index contributed by atoms with van der Waals surface area (Å²) in [5.41, 5.74) is 1.73. The molecule has 164 valence electrons. The summed E-state index contributed by atoms with van der Waals surface area (Å²) in [5.74, 6) is 1.05. The van der Waals surface area contributed by atoms with Gasteiger partial charge in [-0.2, -0.15) is 0 Å². The van der Waals surface area contributed by atoms with Crippen LogP contribution in [0, 0.1) is 5.92 Å². The quantitative estimate of drug-likeness (QED) is 0.745. The molecular weight excluding hydrogens is 396 g/mol. The van der Waals surface area contributed by atoms with Gasteiger partial charge in [-0.05, 0) is 49.6 Å². The number of carbonyl (C=O) groups is 2. The van der Waals surface area contributed by atoms with Gasteiger partial charge in [0.05, 0.1) is 6.61 Å². The normalized spacial score (nSPS) is 19.3. The van der Waals surface area contributed by atoms with Crippen molar-refractivity contribution >= 4 is 17.6 Å². The number of aromatic nitrogens is 1. The molecule has 1 aromatic carbocycles. The van der Waals surface area contributed by atoms with Gasteiger partial charge in [0.1, 0.15) is 5.75 Å². The lowest BCUT2D eigenvalue weighted by Crippen LogP contribution is -2.52. The molecule has 31 heavy (non-hydrogen) atoms. The van der Waals surface area contributed by atoms with Crippen LogP contribution in [0.25, 0.3) is 0 Å². The Bertz CT molecular complexity index is 1000. The van der Waals surface area contributed by atoms with Crippen molar-refractivity contribution in [3.63, 3.8) is 0 Å². The van der Waals surface area contributed by atoms with Gasteiger partial charge in [-0.3, -0.25) is 9.59 Å². The van der Waals surface area contributed by atoms with Crippen LogP contribution >= 0.6 is 0 Å². The number of pyridine rings is 1. The number of nitrogens with zero attached hydrogens (tertiary/aromatic N) is 2. The maximum atomic E-state index is 12.6. The van der Waals surface area contributed by atoms with E-state index >= 15 is 0 Å². The van der Waals surface area contributed by atoms with Gasteiger partial charge in [0.25, 0.3) is 5.56 Å². The molecule has 0 saturated carbocycles. The number of benzene rings is 1. The van der Waals surface area contributed by atoms with Crippen molar-refractivity contribution in [3.8, 4) is 5.75 Å². The van der Waals surface area contributed by atoms with E-state index in [2.05, 4.69) is 10.6 Å². The van der Waals surface area contributed by atoms with E-state index in [0.29, 0.717) is 31.9 Å². The zero-order valence-electron chi connectivity index (χ0n) is 17.7. The van der Waals surface area contributed by atoms with Gasteiger partial charge >= 0.3 is 6.03 Å². The zero-order valence-corrected chi connectivity index (χ0v) is 17.7. The van der Waals surface area contributed by atoms with E-state index in [0.717, 1.165) is 17.9 Å². The third-order valence-electron chi connectivity index (χ3n) is 5.84. The molecule has 2 aromatic rings. The van der Waals surface area contributed by atoms with Crippen molar-refractivity contribution in [2.75, 3.05) is 31.6 Å². The second kappa shape index (κ2) is 9.24. The minimum Gasteiger partial charge on any atom is -0.494 e. The molecule has 1 aromatic heterocycles. The molecule has 4 rings (SSSR count). The van der Waals surface area contributed by atoms with E-state index < -0.39 is 0 Å². The van der Waals surface area contributed by atoms with Crippen LogP contribution in [0.15, 0.2) is 47.3 Å². The molecule has 0 unspecified atom stereocenters. The molecule has 2 bridgehead atoms. The first-order chi connectivity index (χ1) is 15.0. The summed E-state index contributed by atoms with van der Waals surface area (Å²) in [5, 5.41) is 5.68. The Morgan fingerprint density at radius 2 is 1.90 bits per heavy atom. The number of urea groups is 1. The van der Waals surface area contributed by atoms with Crippen LogP contribution in [-0.4, -0.2) is 47.6 Å². The predicted octanol–water partition coefficient (Wildman–Crippen LogP) is 2.40. The van der Waals surface area contributed by atoms with E-state index in [1.165, 1.54) is 0 Å². The fourth-order valence-electron chi connectivity index (χ4n) is 4.48. The lowest BCUT2D eigenvalue weighted by molar-refractivity contribution is -0.116. The lowest BCUT2D eigenvalue weighted by Gasteiger charge is -2.42. The standard InChI is InChI=1S/C23H28N4O4/c1-2-31-19-8-6-18(7-9-19)25-21(28)10-11-24-23(30)26-13-16-12-17(15-26)20-4-3-5-22(29)27(20)14-16/h3-9,16-17H,2,10-15H2,1H3,(H,24,30)(H,25,28)/t16-,17+/m1/s1. The average molecular weight is 425 g/mol. The Morgan fingerprint density at radius 1 is 1.10 bits per heavy atom. The van der Waals surface area contributed by atoms with Crippen LogP contribution < -0.4 is 20.9 Å². The number of piperidine rings is 1. The summed E-state index contributed by atoms with van der Waals surface area (Å²) in [6, 6.07) is 12.4. The number of hydrogen-bond acceptors (Lipinski definition) is 4. The van der Waals surface area contributed by atoms with Crippen molar-refractivity contribution < 1.29 is 14.3 Å². The molecule has 8 nitrogen and oxygen atoms in total. The Balaban J connectivity index is 1.25. The van der Waals surface area contributed by atoms with Crippen LogP contribution in [0.1, 0.15) is 31.4 Å². The summed E-state index contributed by atoms with van der Waals surface area (Å²) in [7, 11) is 0. The average Bonchev–Trinajstić information content (AvgIpc) is 2.76. The molecular formula is C23H28N4O4. The molecule has 2 aliphatic rings. The van der Waals surface area contributed by atoms with Crippen LogP contribution in [-0.2, 0) is 11.3 Å². The predicted molar refractivity (Wildman–Crippen MR) is 117 cm³/mol. The number of fused-ring (bicyclic) bond motifs is 4. The topological polar surface area (TPSA) is 92.7 Å². The number of nitrogens with one attached hydrogen (secondary N) is 2. The minimum atomic E-state index is -0.159. The highest BCUT2D eigenvalue weighted by Crippen LogP contribution is 2.34. The Hall–Kier alpha value is -3.29. The van der Waals surface area contributed by atoms with E-state index in [1.54, 1.807) is 36.4 Å². The largest absolute Gasteiger partial charge is 0.494 e. The number of anilines is 1. The molecule has 1 saturated heterocycles. The lowest BCUT2D eigenvalue weighted by atomic mass is 9.83. The summed E-state index contributed by atoms with van der Waals surface area (Å²) < 4.78 is 7.23. The fraction of sp³-hybridized carbons (Fsp3) is 0.435. The van der Waals surface area contributed by atoms with Gasteiger partial charge in [0.2, 0.25) is 5.91 Å². The van der Waals surface area contributed by atoms with Crippen LogP contribution in [0.3, 0.4) is 0 Å². The third kappa shape index (κ3) is 4.90. The van der Waals surface area contributed by atoms with Crippen LogP contribution in [0.2, 0.25) is 0 Å². The number of ether oxygens (including phenoxy) is 1. The number of hydrogen-bond donors (Lipinski definition) is 2. The highest BCUT2D eigenvalue weighted by Gasteiger charge is 2.36. The van der Waals surface area contributed by atoms with E-state index in [1.807, 2.05) is 22.5 Å².